The van der Waals surface area contributed by atoms with Crippen LogP contribution in [0.3, 0.4) is 0 Å². The minimum atomic E-state index is -0.509. The normalized spacial score (nSPS) is 17.1. The van der Waals surface area contributed by atoms with Gasteiger partial charge in [0.1, 0.15) is 35.5 Å². The van der Waals surface area contributed by atoms with Gasteiger partial charge in [-0.05, 0) is 41.5 Å². The van der Waals surface area contributed by atoms with Crippen LogP contribution in [0.5, 0.6) is 17.2 Å². The van der Waals surface area contributed by atoms with Gasteiger partial charge in [-0.15, -0.1) is 0 Å². The van der Waals surface area contributed by atoms with Crippen molar-refractivity contribution in [3.8, 4) is 17.2 Å². The van der Waals surface area contributed by atoms with E-state index in [2.05, 4.69) is 6.58 Å². The molecular weight excluding hydrogens is 428 g/mol. The molecule has 3 aromatic rings. The highest BCUT2D eigenvalue weighted by Gasteiger charge is 2.38. The Labute approximate surface area is 199 Å². The SMILES string of the molecule is C=CCOc1ccc2c(c1C(=O)/C=C/c1cccc(OC)c1)OC(c1ccccc1)C(C)C2=O. The van der Waals surface area contributed by atoms with Crippen LogP contribution in [0.2, 0.25) is 0 Å². The number of benzene rings is 3. The van der Waals surface area contributed by atoms with Crippen LogP contribution in [-0.2, 0) is 0 Å². The first-order chi connectivity index (χ1) is 16.5. The molecule has 0 spiro atoms. The lowest BCUT2D eigenvalue weighted by Gasteiger charge is -2.32. The molecule has 0 N–H and O–H groups in total. The van der Waals surface area contributed by atoms with Gasteiger partial charge in [0, 0.05) is 0 Å². The maximum atomic E-state index is 13.4. The molecule has 0 radical (unpaired) electrons. The molecule has 1 aliphatic rings. The molecule has 0 saturated carbocycles. The van der Waals surface area contributed by atoms with Crippen LogP contribution in [0.15, 0.2) is 85.5 Å². The fourth-order valence-electron chi connectivity index (χ4n) is 4.00. The van der Waals surface area contributed by atoms with Crippen molar-refractivity contribution >= 4 is 17.6 Å². The van der Waals surface area contributed by atoms with Gasteiger partial charge in [0.05, 0.1) is 18.6 Å². The van der Waals surface area contributed by atoms with E-state index in [0.29, 0.717) is 17.1 Å². The Balaban J connectivity index is 1.77. The molecule has 0 bridgehead atoms. The fourth-order valence-corrected chi connectivity index (χ4v) is 4.00. The summed E-state index contributed by atoms with van der Waals surface area (Å²) in [6, 6.07) is 20.2. The lowest BCUT2D eigenvalue weighted by atomic mass is 9.85. The van der Waals surface area contributed by atoms with Crippen molar-refractivity contribution in [3.63, 3.8) is 0 Å². The van der Waals surface area contributed by atoms with Crippen molar-refractivity contribution in [1.29, 1.82) is 0 Å². The molecular formula is C29H26O5. The predicted molar refractivity (Wildman–Crippen MR) is 132 cm³/mol. The molecule has 0 fully saturated rings. The molecule has 0 aliphatic carbocycles. The summed E-state index contributed by atoms with van der Waals surface area (Å²) in [4.78, 5) is 26.7. The van der Waals surface area contributed by atoms with Crippen LogP contribution < -0.4 is 14.2 Å². The number of rotatable bonds is 8. The first kappa shape index (κ1) is 23.1. The Morgan fingerprint density at radius 3 is 2.62 bits per heavy atom. The average Bonchev–Trinajstić information content (AvgIpc) is 2.88. The highest BCUT2D eigenvalue weighted by Crippen LogP contribution is 2.43. The van der Waals surface area contributed by atoms with E-state index < -0.39 is 12.0 Å². The lowest BCUT2D eigenvalue weighted by Crippen LogP contribution is -2.30. The molecule has 1 heterocycles. The summed E-state index contributed by atoms with van der Waals surface area (Å²) in [5, 5.41) is 0. The summed E-state index contributed by atoms with van der Waals surface area (Å²) in [5.74, 6) is 0.483. The van der Waals surface area contributed by atoms with Crippen LogP contribution in [0.4, 0.5) is 0 Å². The number of ether oxygens (including phenoxy) is 3. The molecule has 2 atom stereocenters. The van der Waals surface area contributed by atoms with Gasteiger partial charge in [0.2, 0.25) is 0 Å². The van der Waals surface area contributed by atoms with Gasteiger partial charge < -0.3 is 14.2 Å². The van der Waals surface area contributed by atoms with Gasteiger partial charge in [-0.2, -0.15) is 0 Å². The molecule has 4 rings (SSSR count). The van der Waals surface area contributed by atoms with Crippen LogP contribution in [0, 0.1) is 5.92 Å². The van der Waals surface area contributed by atoms with Crippen molar-refractivity contribution < 1.29 is 23.8 Å². The molecule has 0 amide bonds. The lowest BCUT2D eigenvalue weighted by molar-refractivity contribution is 0.0685. The third kappa shape index (κ3) is 4.64. The summed E-state index contributed by atoms with van der Waals surface area (Å²) >= 11 is 0. The van der Waals surface area contributed by atoms with E-state index in [1.807, 2.05) is 61.5 Å². The largest absolute Gasteiger partial charge is 0.497 e. The highest BCUT2D eigenvalue weighted by molar-refractivity contribution is 6.14. The van der Waals surface area contributed by atoms with Gasteiger partial charge in [0.25, 0.3) is 0 Å². The van der Waals surface area contributed by atoms with Crippen LogP contribution in [0.25, 0.3) is 6.08 Å². The second kappa shape index (κ2) is 10.2. The van der Waals surface area contributed by atoms with Gasteiger partial charge in [-0.25, -0.2) is 0 Å². The third-order valence-electron chi connectivity index (χ3n) is 5.75. The minimum Gasteiger partial charge on any atom is -0.497 e. The first-order valence-corrected chi connectivity index (χ1v) is 11.1. The topological polar surface area (TPSA) is 61.8 Å². The van der Waals surface area contributed by atoms with Gasteiger partial charge in [0.15, 0.2) is 11.6 Å². The third-order valence-corrected chi connectivity index (χ3v) is 5.75. The number of ketones is 2. The number of methoxy groups -OCH3 is 1. The average molecular weight is 455 g/mol. The summed E-state index contributed by atoms with van der Waals surface area (Å²) in [6.45, 7) is 5.74. The molecule has 5 nitrogen and oxygen atoms in total. The number of allylic oxidation sites excluding steroid dienone is 1. The number of fused-ring (bicyclic) bond motifs is 1. The Morgan fingerprint density at radius 2 is 1.88 bits per heavy atom. The molecule has 5 heteroatoms. The summed E-state index contributed by atoms with van der Waals surface area (Å²) in [5.41, 5.74) is 2.28. The molecule has 34 heavy (non-hydrogen) atoms. The van der Waals surface area contributed by atoms with Crippen molar-refractivity contribution in [2.45, 2.75) is 13.0 Å². The van der Waals surface area contributed by atoms with Crippen LogP contribution in [-0.4, -0.2) is 25.3 Å². The summed E-state index contributed by atoms with van der Waals surface area (Å²) < 4.78 is 17.4. The minimum absolute atomic E-state index is 0.0730. The summed E-state index contributed by atoms with van der Waals surface area (Å²) in [6.07, 6.45) is 4.24. The van der Waals surface area contributed by atoms with E-state index in [9.17, 15) is 9.59 Å². The quantitative estimate of drug-likeness (QED) is 0.233. The Hall–Kier alpha value is -4.12. The first-order valence-electron chi connectivity index (χ1n) is 11.1. The second-order valence-electron chi connectivity index (χ2n) is 7.99. The van der Waals surface area contributed by atoms with Gasteiger partial charge in [-0.1, -0.05) is 68.1 Å². The maximum Gasteiger partial charge on any atom is 0.193 e. The fraction of sp³-hybridized carbons (Fsp3) is 0.172. The predicted octanol–water partition coefficient (Wildman–Crippen LogP) is 6.11. The maximum absolute atomic E-state index is 13.4. The van der Waals surface area contributed by atoms with Crippen molar-refractivity contribution in [3.05, 3.63) is 108 Å². The van der Waals surface area contributed by atoms with E-state index in [1.165, 1.54) is 6.08 Å². The highest BCUT2D eigenvalue weighted by atomic mass is 16.5. The van der Waals surface area contributed by atoms with Gasteiger partial charge >= 0.3 is 0 Å². The number of carbonyl (C=O) groups excluding carboxylic acids is 2. The number of hydrogen-bond acceptors (Lipinski definition) is 5. The van der Waals surface area contributed by atoms with Crippen molar-refractivity contribution in [1.82, 2.24) is 0 Å². The zero-order valence-corrected chi connectivity index (χ0v) is 19.2. The van der Waals surface area contributed by atoms with E-state index in [1.54, 1.807) is 31.4 Å². The van der Waals surface area contributed by atoms with E-state index in [4.69, 9.17) is 14.2 Å². The monoisotopic (exact) mass is 454 g/mol. The Morgan fingerprint density at radius 1 is 1.09 bits per heavy atom. The number of carbonyl (C=O) groups is 2. The van der Waals surface area contributed by atoms with Crippen LogP contribution in [0.1, 0.15) is 44.9 Å². The zero-order valence-electron chi connectivity index (χ0n) is 19.2. The molecule has 0 saturated heterocycles. The van der Waals surface area contributed by atoms with E-state index in [-0.39, 0.29) is 29.5 Å². The van der Waals surface area contributed by atoms with Gasteiger partial charge in [-0.3, -0.25) is 9.59 Å². The van der Waals surface area contributed by atoms with E-state index in [0.717, 1.165) is 11.1 Å². The molecule has 0 aromatic heterocycles. The second-order valence-corrected chi connectivity index (χ2v) is 7.99. The number of Topliss-reactive ketones (excluding diaryl/α,β-unsaturated/α-hetero) is 1. The van der Waals surface area contributed by atoms with Crippen molar-refractivity contribution in [2.75, 3.05) is 13.7 Å². The smallest absolute Gasteiger partial charge is 0.193 e. The Bertz CT molecular complexity index is 1240. The van der Waals surface area contributed by atoms with E-state index >= 15 is 0 Å². The number of hydrogen-bond donors (Lipinski definition) is 0. The van der Waals surface area contributed by atoms with Crippen LogP contribution >= 0.6 is 0 Å². The molecule has 172 valence electrons. The van der Waals surface area contributed by atoms with Crippen molar-refractivity contribution in [2.24, 2.45) is 5.92 Å². The zero-order chi connectivity index (χ0) is 24.1. The molecule has 1 aliphatic heterocycles. The Kier molecular flexibility index (Phi) is 6.93. The molecule has 3 aromatic carbocycles. The standard InChI is InChI=1S/C29H26O5/c1-4-17-33-25-16-14-23-27(31)19(2)28(21-10-6-5-7-11-21)34-29(23)26(25)24(30)15-13-20-9-8-12-22(18-20)32-3/h4-16,18-19,28H,1,17H2,2-3H3/b15-13+. The molecule has 2 unspecified atom stereocenters. The summed E-state index contributed by atoms with van der Waals surface area (Å²) in [7, 11) is 1.59.